The molecule has 1 unspecified atom stereocenters. The number of aromatic nitrogens is 3. The maximum Gasteiger partial charge on any atom is 0.270 e. The zero-order valence-electron chi connectivity index (χ0n) is 20.2. The van der Waals surface area contributed by atoms with Crippen molar-refractivity contribution in [3.63, 3.8) is 0 Å². The van der Waals surface area contributed by atoms with Crippen molar-refractivity contribution in [2.75, 3.05) is 19.8 Å². The number of nitrogens with zero attached hydrogens (tertiary/aromatic N) is 4. The molecule has 184 valence electrons. The molecule has 1 saturated carbocycles. The molecule has 1 atom stereocenters. The first-order chi connectivity index (χ1) is 16.2. The summed E-state index contributed by atoms with van der Waals surface area (Å²) in [4.78, 5) is 40.9. The monoisotopic (exact) mass is 471 g/mol. The van der Waals surface area contributed by atoms with E-state index < -0.39 is 17.3 Å². The van der Waals surface area contributed by atoms with Crippen LogP contribution >= 0.6 is 0 Å². The summed E-state index contributed by atoms with van der Waals surface area (Å²) in [5.41, 5.74) is 0.696. The summed E-state index contributed by atoms with van der Waals surface area (Å²) in [6.07, 6.45) is 5.38. The van der Waals surface area contributed by atoms with Crippen molar-refractivity contribution in [1.29, 1.82) is 0 Å². The SMILES string of the molecule is CCc1nn2c(O)c(C(=O)NC3CC3)c(=O)n(CC(C)C)c2c1C=CC(=O)N1CCOCC1C. The smallest absolute Gasteiger partial charge is 0.270 e. The summed E-state index contributed by atoms with van der Waals surface area (Å²) < 4.78 is 8.16. The van der Waals surface area contributed by atoms with Crippen LogP contribution < -0.4 is 10.9 Å². The molecule has 1 saturated heterocycles. The van der Waals surface area contributed by atoms with Crippen LogP contribution in [0.25, 0.3) is 11.7 Å². The van der Waals surface area contributed by atoms with Crippen LogP contribution in [0.5, 0.6) is 5.88 Å². The number of carbonyl (C=O) groups excluding carboxylic acids is 2. The van der Waals surface area contributed by atoms with Crippen LogP contribution in [0.1, 0.15) is 62.2 Å². The first-order valence-electron chi connectivity index (χ1n) is 12.0. The van der Waals surface area contributed by atoms with E-state index in [1.165, 1.54) is 15.2 Å². The molecule has 0 bridgehead atoms. The van der Waals surface area contributed by atoms with Crippen molar-refractivity contribution < 1.29 is 19.4 Å². The molecule has 10 nitrogen and oxygen atoms in total. The molecular weight excluding hydrogens is 438 g/mol. The molecule has 0 aromatic carbocycles. The second-order valence-electron chi connectivity index (χ2n) is 9.49. The fourth-order valence-corrected chi connectivity index (χ4v) is 4.26. The Bertz CT molecular complexity index is 1190. The average molecular weight is 472 g/mol. The molecule has 4 rings (SSSR count). The van der Waals surface area contributed by atoms with Gasteiger partial charge in [-0.2, -0.15) is 9.61 Å². The molecule has 2 aromatic heterocycles. The normalized spacial score (nSPS) is 18.9. The third kappa shape index (κ3) is 4.59. The highest BCUT2D eigenvalue weighted by molar-refractivity contribution is 5.97. The van der Waals surface area contributed by atoms with Crippen LogP contribution in [-0.2, 0) is 22.5 Å². The van der Waals surface area contributed by atoms with Gasteiger partial charge < -0.3 is 20.1 Å². The Morgan fingerprint density at radius 2 is 2.06 bits per heavy atom. The van der Waals surface area contributed by atoms with Gasteiger partial charge in [0.05, 0.1) is 24.9 Å². The van der Waals surface area contributed by atoms with Crippen LogP contribution in [-0.4, -0.2) is 67.8 Å². The Hall–Kier alpha value is -3.14. The van der Waals surface area contributed by atoms with E-state index in [0.717, 1.165) is 12.8 Å². The zero-order chi connectivity index (χ0) is 24.6. The lowest BCUT2D eigenvalue weighted by atomic mass is 10.1. The van der Waals surface area contributed by atoms with Crippen molar-refractivity contribution in [2.45, 2.75) is 65.6 Å². The average Bonchev–Trinajstić information content (AvgIpc) is 3.52. The standard InChI is InChI=1S/C24H33N5O5/c1-5-18-17(8-9-19(30)27-10-11-34-13-15(27)4)22-28(12-14(2)3)23(32)20(24(33)29(22)26-18)21(31)25-16-6-7-16/h8-9,14-16,33H,5-7,10-13H2,1-4H3,(H,25,31). The highest BCUT2D eigenvalue weighted by Gasteiger charge is 2.30. The number of aryl methyl sites for hydroxylation is 1. The second-order valence-corrected chi connectivity index (χ2v) is 9.49. The summed E-state index contributed by atoms with van der Waals surface area (Å²) in [6, 6.07) is 0.00705. The highest BCUT2D eigenvalue weighted by Crippen LogP contribution is 2.26. The molecule has 3 heterocycles. The number of carbonyl (C=O) groups is 2. The van der Waals surface area contributed by atoms with Crippen molar-refractivity contribution >= 4 is 23.5 Å². The quantitative estimate of drug-likeness (QED) is 0.592. The van der Waals surface area contributed by atoms with E-state index in [-0.39, 0.29) is 29.5 Å². The lowest BCUT2D eigenvalue weighted by Gasteiger charge is -2.32. The Morgan fingerprint density at radius 1 is 1.32 bits per heavy atom. The number of hydrogen-bond acceptors (Lipinski definition) is 6. The number of aromatic hydroxyl groups is 1. The van der Waals surface area contributed by atoms with Gasteiger partial charge in [0, 0.05) is 30.8 Å². The Morgan fingerprint density at radius 3 is 2.68 bits per heavy atom. The van der Waals surface area contributed by atoms with E-state index in [4.69, 9.17) is 4.74 Å². The van der Waals surface area contributed by atoms with Gasteiger partial charge in [-0.3, -0.25) is 19.0 Å². The van der Waals surface area contributed by atoms with E-state index in [0.29, 0.717) is 49.6 Å². The van der Waals surface area contributed by atoms with Crippen LogP contribution in [0.15, 0.2) is 10.9 Å². The Labute approximate surface area is 198 Å². The first-order valence-corrected chi connectivity index (χ1v) is 12.0. The minimum atomic E-state index is -0.591. The molecule has 2 amide bonds. The van der Waals surface area contributed by atoms with Gasteiger partial charge in [-0.15, -0.1) is 0 Å². The summed E-state index contributed by atoms with van der Waals surface area (Å²) >= 11 is 0. The van der Waals surface area contributed by atoms with E-state index in [9.17, 15) is 19.5 Å². The van der Waals surface area contributed by atoms with E-state index in [1.807, 2.05) is 27.7 Å². The van der Waals surface area contributed by atoms with Gasteiger partial charge >= 0.3 is 0 Å². The van der Waals surface area contributed by atoms with Gasteiger partial charge in [0.1, 0.15) is 5.65 Å². The predicted octanol–water partition coefficient (Wildman–Crippen LogP) is 1.57. The number of nitrogens with one attached hydrogen (secondary N) is 1. The first kappa shape index (κ1) is 24.0. The number of amides is 2. The molecular formula is C24H33N5O5. The van der Waals surface area contributed by atoms with E-state index in [2.05, 4.69) is 10.4 Å². The van der Waals surface area contributed by atoms with Gasteiger partial charge in [0.15, 0.2) is 5.56 Å². The molecule has 34 heavy (non-hydrogen) atoms. The van der Waals surface area contributed by atoms with Crippen molar-refractivity contribution in [3.8, 4) is 5.88 Å². The summed E-state index contributed by atoms with van der Waals surface area (Å²) in [5, 5.41) is 18.3. The maximum absolute atomic E-state index is 13.4. The minimum Gasteiger partial charge on any atom is -0.492 e. The lowest BCUT2D eigenvalue weighted by Crippen LogP contribution is -2.46. The largest absolute Gasteiger partial charge is 0.492 e. The topological polar surface area (TPSA) is 118 Å². The second kappa shape index (κ2) is 9.61. The molecule has 10 heteroatoms. The molecule has 0 spiro atoms. The van der Waals surface area contributed by atoms with Crippen LogP contribution in [0, 0.1) is 5.92 Å². The van der Waals surface area contributed by atoms with Crippen molar-refractivity contribution in [2.24, 2.45) is 5.92 Å². The van der Waals surface area contributed by atoms with Gasteiger partial charge in [0.25, 0.3) is 11.5 Å². The van der Waals surface area contributed by atoms with E-state index in [1.54, 1.807) is 11.0 Å². The fraction of sp³-hybridized carbons (Fsp3) is 0.583. The fourth-order valence-electron chi connectivity index (χ4n) is 4.26. The van der Waals surface area contributed by atoms with Crippen LogP contribution in [0.2, 0.25) is 0 Å². The predicted molar refractivity (Wildman–Crippen MR) is 127 cm³/mol. The van der Waals surface area contributed by atoms with Crippen LogP contribution in [0.3, 0.4) is 0 Å². The number of fused-ring (bicyclic) bond motifs is 1. The van der Waals surface area contributed by atoms with Crippen molar-refractivity contribution in [3.05, 3.63) is 33.3 Å². The minimum absolute atomic E-state index is 0.0313. The lowest BCUT2D eigenvalue weighted by molar-refractivity contribution is -0.133. The number of morpholine rings is 1. The number of hydrogen-bond donors (Lipinski definition) is 2. The Kier molecular flexibility index (Phi) is 6.79. The Balaban J connectivity index is 1.84. The zero-order valence-corrected chi connectivity index (χ0v) is 20.2. The van der Waals surface area contributed by atoms with Gasteiger partial charge in [-0.25, -0.2) is 0 Å². The van der Waals surface area contributed by atoms with E-state index >= 15 is 0 Å². The summed E-state index contributed by atoms with van der Waals surface area (Å²) in [5.74, 6) is -1.13. The number of ether oxygens (including phenoxy) is 1. The van der Waals surface area contributed by atoms with Crippen molar-refractivity contribution in [1.82, 2.24) is 24.4 Å². The molecule has 2 N–H and O–H groups in total. The maximum atomic E-state index is 13.4. The molecule has 2 aliphatic rings. The third-order valence-corrected chi connectivity index (χ3v) is 6.18. The van der Waals surface area contributed by atoms with Crippen LogP contribution in [0.4, 0.5) is 0 Å². The molecule has 0 radical (unpaired) electrons. The van der Waals surface area contributed by atoms with Gasteiger partial charge in [0.2, 0.25) is 11.8 Å². The van der Waals surface area contributed by atoms with Gasteiger partial charge in [-0.05, 0) is 38.2 Å². The summed E-state index contributed by atoms with van der Waals surface area (Å²) in [7, 11) is 0. The molecule has 1 aliphatic carbocycles. The third-order valence-electron chi connectivity index (χ3n) is 6.18. The number of rotatable bonds is 7. The van der Waals surface area contributed by atoms with Gasteiger partial charge in [-0.1, -0.05) is 20.8 Å². The molecule has 2 aromatic rings. The highest BCUT2D eigenvalue weighted by atomic mass is 16.5. The molecule has 1 aliphatic heterocycles. The molecule has 2 fully saturated rings. The summed E-state index contributed by atoms with van der Waals surface area (Å²) in [6.45, 7) is 9.61.